The predicted molar refractivity (Wildman–Crippen MR) is 105 cm³/mol. The summed E-state index contributed by atoms with van der Waals surface area (Å²) in [7, 11) is 0. The van der Waals surface area contributed by atoms with Crippen molar-refractivity contribution in [1.29, 1.82) is 0 Å². The molecule has 0 radical (unpaired) electrons. The number of aryl methyl sites for hydroxylation is 1. The van der Waals surface area contributed by atoms with Crippen molar-refractivity contribution in [2.75, 3.05) is 6.61 Å². The van der Waals surface area contributed by atoms with Crippen molar-refractivity contribution >= 4 is 11.8 Å². The van der Waals surface area contributed by atoms with Crippen LogP contribution in [0.4, 0.5) is 0 Å². The molecule has 3 aromatic rings. The smallest absolute Gasteiger partial charge is 0.283 e. The van der Waals surface area contributed by atoms with E-state index in [1.165, 1.54) is 0 Å². The third kappa shape index (κ3) is 3.64. The average molecular weight is 392 g/mol. The van der Waals surface area contributed by atoms with Crippen LogP contribution < -0.4 is 20.3 Å². The minimum Gasteiger partial charge on any atom is -0.485 e. The van der Waals surface area contributed by atoms with Crippen molar-refractivity contribution in [3.8, 4) is 17.2 Å². The van der Waals surface area contributed by atoms with Crippen LogP contribution in [0.15, 0.2) is 54.9 Å². The number of para-hydroxylation sites is 2. The molecule has 2 aromatic heterocycles. The molecule has 148 valence electrons. The van der Waals surface area contributed by atoms with Crippen LogP contribution in [0, 0.1) is 13.8 Å². The molecule has 4 rings (SSSR count). The number of aromatic nitrogens is 2. The fourth-order valence-electron chi connectivity index (χ4n) is 3.29. The number of hydrogen-bond donors (Lipinski definition) is 2. The first-order chi connectivity index (χ1) is 14.0. The highest BCUT2D eigenvalue weighted by Crippen LogP contribution is 2.30. The van der Waals surface area contributed by atoms with Crippen LogP contribution in [-0.4, -0.2) is 34.1 Å². The first-order valence-corrected chi connectivity index (χ1v) is 9.12. The first kappa shape index (κ1) is 18.5. The van der Waals surface area contributed by atoms with Crippen LogP contribution in [0.2, 0.25) is 0 Å². The van der Waals surface area contributed by atoms with E-state index in [2.05, 4.69) is 15.8 Å². The van der Waals surface area contributed by atoms with E-state index in [4.69, 9.17) is 9.47 Å². The Morgan fingerprint density at radius 1 is 1.10 bits per heavy atom. The topological polar surface area (TPSA) is 94.5 Å². The molecule has 1 aliphatic rings. The van der Waals surface area contributed by atoms with Gasteiger partial charge >= 0.3 is 0 Å². The molecule has 0 saturated heterocycles. The fraction of sp³-hybridized carbons (Fsp3) is 0.190. The Morgan fingerprint density at radius 2 is 1.90 bits per heavy atom. The van der Waals surface area contributed by atoms with Gasteiger partial charge in [0.05, 0.1) is 17.4 Å². The van der Waals surface area contributed by atoms with Crippen LogP contribution in [0.5, 0.6) is 11.5 Å². The van der Waals surface area contributed by atoms with E-state index >= 15 is 0 Å². The van der Waals surface area contributed by atoms with Gasteiger partial charge in [0.25, 0.3) is 11.8 Å². The number of fused-ring (bicyclic) bond motifs is 1. The van der Waals surface area contributed by atoms with E-state index in [-0.39, 0.29) is 6.61 Å². The molecule has 0 bridgehead atoms. The second-order valence-corrected chi connectivity index (χ2v) is 6.64. The summed E-state index contributed by atoms with van der Waals surface area (Å²) in [6.07, 6.45) is 2.56. The number of rotatable bonds is 3. The second-order valence-electron chi connectivity index (χ2n) is 6.64. The quantitative estimate of drug-likeness (QED) is 0.666. The van der Waals surface area contributed by atoms with Gasteiger partial charge in [0.1, 0.15) is 6.61 Å². The SMILES string of the molecule is Cc1cc(C(=O)NNC(=O)C2COc3ccccc3O2)c(C)n1-c1cccnc1. The zero-order valence-electron chi connectivity index (χ0n) is 16.0. The molecular weight excluding hydrogens is 372 g/mol. The molecular formula is C21H20N4O4. The van der Waals surface area contributed by atoms with Crippen molar-refractivity contribution in [3.05, 3.63) is 71.8 Å². The number of hydrazine groups is 1. The third-order valence-corrected chi connectivity index (χ3v) is 4.68. The van der Waals surface area contributed by atoms with E-state index in [0.717, 1.165) is 17.1 Å². The second kappa shape index (κ2) is 7.67. The van der Waals surface area contributed by atoms with Crippen LogP contribution >= 0.6 is 0 Å². The molecule has 1 aliphatic heterocycles. The largest absolute Gasteiger partial charge is 0.485 e. The Morgan fingerprint density at radius 3 is 2.66 bits per heavy atom. The maximum atomic E-state index is 12.6. The van der Waals surface area contributed by atoms with Gasteiger partial charge in [-0.3, -0.25) is 25.4 Å². The minimum atomic E-state index is -0.854. The summed E-state index contributed by atoms with van der Waals surface area (Å²) in [5, 5.41) is 0. The standard InChI is InChI=1S/C21H20N4O4/c1-13-10-16(14(2)25(13)15-6-5-9-22-11-15)20(26)23-24-21(27)19-12-28-17-7-3-4-8-18(17)29-19/h3-11,19H,12H2,1-2H3,(H,23,26)(H,24,27). The van der Waals surface area contributed by atoms with Crippen molar-refractivity contribution in [3.63, 3.8) is 0 Å². The Balaban J connectivity index is 1.42. The van der Waals surface area contributed by atoms with E-state index in [9.17, 15) is 9.59 Å². The van der Waals surface area contributed by atoms with Gasteiger partial charge in [-0.15, -0.1) is 0 Å². The van der Waals surface area contributed by atoms with Crippen molar-refractivity contribution in [2.24, 2.45) is 0 Å². The number of carbonyl (C=O) groups excluding carboxylic acids is 2. The van der Waals surface area contributed by atoms with Gasteiger partial charge < -0.3 is 14.0 Å². The Labute approximate surface area is 167 Å². The van der Waals surface area contributed by atoms with Gasteiger partial charge in [0.15, 0.2) is 11.5 Å². The monoisotopic (exact) mass is 392 g/mol. The summed E-state index contributed by atoms with van der Waals surface area (Å²) in [4.78, 5) is 29.1. The highest BCUT2D eigenvalue weighted by Gasteiger charge is 2.28. The number of nitrogens with zero attached hydrogens (tertiary/aromatic N) is 2. The molecule has 8 nitrogen and oxygen atoms in total. The van der Waals surface area contributed by atoms with Gasteiger partial charge in [0, 0.05) is 17.6 Å². The van der Waals surface area contributed by atoms with Gasteiger partial charge in [-0.2, -0.15) is 0 Å². The summed E-state index contributed by atoms with van der Waals surface area (Å²) >= 11 is 0. The molecule has 29 heavy (non-hydrogen) atoms. The summed E-state index contributed by atoms with van der Waals surface area (Å²) in [5.74, 6) is 0.168. The normalized spacial score (nSPS) is 14.9. The molecule has 0 fully saturated rings. The molecule has 1 unspecified atom stereocenters. The molecule has 0 aliphatic carbocycles. The lowest BCUT2D eigenvalue weighted by molar-refractivity contribution is -0.131. The maximum Gasteiger partial charge on any atom is 0.283 e. The molecule has 2 N–H and O–H groups in total. The Hall–Kier alpha value is -3.81. The van der Waals surface area contributed by atoms with E-state index in [1.54, 1.807) is 36.7 Å². The summed E-state index contributed by atoms with van der Waals surface area (Å²) < 4.78 is 13.1. The van der Waals surface area contributed by atoms with Crippen LogP contribution in [0.3, 0.4) is 0 Å². The van der Waals surface area contributed by atoms with Gasteiger partial charge in [-0.05, 0) is 44.2 Å². The minimum absolute atomic E-state index is 0.0637. The number of hydrogen-bond acceptors (Lipinski definition) is 5. The van der Waals surface area contributed by atoms with Crippen molar-refractivity contribution in [2.45, 2.75) is 20.0 Å². The van der Waals surface area contributed by atoms with Crippen LogP contribution in [0.25, 0.3) is 5.69 Å². The predicted octanol–water partition coefficient (Wildman–Crippen LogP) is 2.09. The number of benzene rings is 1. The highest BCUT2D eigenvalue weighted by molar-refractivity contribution is 5.97. The lowest BCUT2D eigenvalue weighted by atomic mass is 10.2. The summed E-state index contributed by atoms with van der Waals surface area (Å²) in [5.41, 5.74) is 7.80. The Bertz CT molecular complexity index is 1060. The molecule has 0 spiro atoms. The first-order valence-electron chi connectivity index (χ1n) is 9.12. The number of amides is 2. The zero-order valence-corrected chi connectivity index (χ0v) is 16.0. The Kier molecular flexibility index (Phi) is 4.90. The van der Waals surface area contributed by atoms with Crippen LogP contribution in [0.1, 0.15) is 21.7 Å². The highest BCUT2D eigenvalue weighted by atomic mass is 16.6. The van der Waals surface area contributed by atoms with E-state index in [0.29, 0.717) is 17.1 Å². The molecule has 1 atom stereocenters. The van der Waals surface area contributed by atoms with Crippen molar-refractivity contribution in [1.82, 2.24) is 20.4 Å². The third-order valence-electron chi connectivity index (χ3n) is 4.68. The lowest BCUT2D eigenvalue weighted by Gasteiger charge is -2.25. The van der Waals surface area contributed by atoms with E-state index < -0.39 is 17.9 Å². The number of carbonyl (C=O) groups is 2. The molecule has 3 heterocycles. The van der Waals surface area contributed by atoms with Gasteiger partial charge in [0.2, 0.25) is 6.10 Å². The molecule has 8 heteroatoms. The maximum absolute atomic E-state index is 12.6. The summed E-state index contributed by atoms with van der Waals surface area (Å²) in [6, 6.07) is 12.6. The number of ether oxygens (including phenoxy) is 2. The molecule has 1 aromatic carbocycles. The van der Waals surface area contributed by atoms with E-state index in [1.807, 2.05) is 36.6 Å². The zero-order chi connectivity index (χ0) is 20.4. The van der Waals surface area contributed by atoms with Gasteiger partial charge in [-0.1, -0.05) is 12.1 Å². The molecule has 0 saturated carbocycles. The van der Waals surface area contributed by atoms with Gasteiger partial charge in [-0.25, -0.2) is 0 Å². The number of nitrogens with one attached hydrogen (secondary N) is 2. The number of pyridine rings is 1. The molecule has 2 amide bonds. The fourth-order valence-corrected chi connectivity index (χ4v) is 3.29. The van der Waals surface area contributed by atoms with Crippen LogP contribution in [-0.2, 0) is 4.79 Å². The average Bonchev–Trinajstić information content (AvgIpc) is 3.06. The lowest BCUT2D eigenvalue weighted by Crippen LogP contribution is -2.50. The van der Waals surface area contributed by atoms with Crippen molar-refractivity contribution < 1.29 is 19.1 Å². The summed E-state index contributed by atoms with van der Waals surface area (Å²) in [6.45, 7) is 3.81.